The lowest BCUT2D eigenvalue weighted by atomic mass is 9.87. The van der Waals surface area contributed by atoms with Crippen LogP contribution in [0.3, 0.4) is 0 Å². The molecule has 14 heteroatoms. The Kier molecular flexibility index (Phi) is 7.48. The highest BCUT2D eigenvalue weighted by Gasteiger charge is 2.51. The third-order valence-corrected chi connectivity index (χ3v) is 7.98. The number of hydrogen-bond acceptors (Lipinski definition) is 7. The highest BCUT2D eigenvalue weighted by Crippen LogP contribution is 2.46. The SMILES string of the molecule is O=C(O)C(CCCCO)(c1cc(-c2ccc(C3CC3)cc2C(F)(F)F)no1)N1Cc2nc(-c3cccc(F)c3F)[nH]c2C=N1. The number of fused-ring (bicyclic) bond motifs is 1. The predicted molar refractivity (Wildman–Crippen MR) is 146 cm³/mol. The van der Waals surface area contributed by atoms with Crippen LogP contribution in [-0.2, 0) is 23.1 Å². The van der Waals surface area contributed by atoms with Gasteiger partial charge in [0, 0.05) is 18.2 Å². The normalized spacial score (nSPS) is 16.2. The number of nitrogens with zero attached hydrogens (tertiary/aromatic N) is 4. The third-order valence-electron chi connectivity index (χ3n) is 7.98. The van der Waals surface area contributed by atoms with Crippen molar-refractivity contribution in [2.24, 2.45) is 5.10 Å². The monoisotopic (exact) mass is 615 g/mol. The van der Waals surface area contributed by atoms with Gasteiger partial charge in [0.05, 0.1) is 35.3 Å². The van der Waals surface area contributed by atoms with E-state index in [4.69, 9.17) is 4.52 Å². The molecule has 0 saturated heterocycles. The number of alkyl halides is 3. The van der Waals surface area contributed by atoms with Crippen LogP contribution >= 0.6 is 0 Å². The molecule has 6 rings (SSSR count). The number of benzene rings is 2. The molecule has 3 heterocycles. The maximum absolute atomic E-state index is 14.5. The minimum Gasteiger partial charge on any atom is -0.479 e. The van der Waals surface area contributed by atoms with Crippen molar-refractivity contribution in [3.8, 4) is 22.6 Å². The summed E-state index contributed by atoms with van der Waals surface area (Å²) < 4.78 is 76.1. The zero-order chi connectivity index (χ0) is 31.2. The van der Waals surface area contributed by atoms with Crippen molar-refractivity contribution in [2.45, 2.75) is 56.3 Å². The van der Waals surface area contributed by atoms with Gasteiger partial charge in [-0.05, 0) is 61.8 Å². The summed E-state index contributed by atoms with van der Waals surface area (Å²) in [5.41, 5.74) is -2.40. The molecule has 1 atom stereocenters. The lowest BCUT2D eigenvalue weighted by molar-refractivity contribution is -0.156. The van der Waals surface area contributed by atoms with E-state index < -0.39 is 34.9 Å². The molecule has 1 unspecified atom stereocenters. The number of H-pyrrole nitrogens is 1. The summed E-state index contributed by atoms with van der Waals surface area (Å²) in [6, 6.07) is 8.79. The quantitative estimate of drug-likeness (QED) is 0.143. The maximum atomic E-state index is 14.5. The lowest BCUT2D eigenvalue weighted by Crippen LogP contribution is -2.50. The highest BCUT2D eigenvalue weighted by atomic mass is 19.4. The number of aliphatic carboxylic acids is 1. The highest BCUT2D eigenvalue weighted by molar-refractivity contribution is 5.84. The van der Waals surface area contributed by atoms with Gasteiger partial charge in [-0.25, -0.2) is 18.6 Å². The number of carbonyl (C=O) groups is 1. The Morgan fingerprint density at radius 1 is 1.09 bits per heavy atom. The summed E-state index contributed by atoms with van der Waals surface area (Å²) in [4.78, 5) is 20.3. The van der Waals surface area contributed by atoms with Gasteiger partial charge in [0.25, 0.3) is 0 Å². The molecule has 9 nitrogen and oxygen atoms in total. The first-order chi connectivity index (χ1) is 21.0. The number of nitrogens with one attached hydrogen (secondary N) is 1. The van der Waals surface area contributed by atoms with Crippen LogP contribution < -0.4 is 0 Å². The maximum Gasteiger partial charge on any atom is 0.417 e. The molecule has 44 heavy (non-hydrogen) atoms. The fraction of sp³-hybridized carbons (Fsp3) is 0.333. The van der Waals surface area contributed by atoms with Crippen molar-refractivity contribution in [2.75, 3.05) is 6.61 Å². The minimum atomic E-state index is -4.70. The predicted octanol–water partition coefficient (Wildman–Crippen LogP) is 6.20. The van der Waals surface area contributed by atoms with Crippen molar-refractivity contribution < 1.29 is 41.5 Å². The number of rotatable bonds is 10. The average Bonchev–Trinajstić information content (AvgIpc) is 3.57. The number of imidazole rings is 1. The summed E-state index contributed by atoms with van der Waals surface area (Å²) in [6.45, 7) is -0.459. The van der Waals surface area contributed by atoms with Gasteiger partial charge >= 0.3 is 12.1 Å². The van der Waals surface area contributed by atoms with Crippen molar-refractivity contribution >= 4 is 12.2 Å². The Labute approximate surface area is 247 Å². The molecule has 3 N–H and O–H groups in total. The summed E-state index contributed by atoms with van der Waals surface area (Å²) >= 11 is 0. The van der Waals surface area contributed by atoms with Gasteiger partial charge in [-0.15, -0.1) is 0 Å². The van der Waals surface area contributed by atoms with E-state index in [1.54, 1.807) is 6.07 Å². The summed E-state index contributed by atoms with van der Waals surface area (Å²) in [5, 5.41) is 29.3. The van der Waals surface area contributed by atoms with E-state index in [2.05, 4.69) is 20.2 Å². The Morgan fingerprint density at radius 2 is 1.89 bits per heavy atom. The topological polar surface area (TPSA) is 128 Å². The van der Waals surface area contributed by atoms with E-state index in [9.17, 15) is 37.0 Å². The number of aliphatic hydroxyl groups is 1. The van der Waals surface area contributed by atoms with Gasteiger partial charge in [0.15, 0.2) is 17.4 Å². The number of hydrogen-bond donors (Lipinski definition) is 3. The van der Waals surface area contributed by atoms with E-state index in [-0.39, 0.29) is 72.4 Å². The number of aromatic amines is 1. The largest absolute Gasteiger partial charge is 0.479 e. The zero-order valence-electron chi connectivity index (χ0n) is 23.0. The van der Waals surface area contributed by atoms with Crippen molar-refractivity contribution in [3.05, 3.63) is 82.4 Å². The molecule has 1 aliphatic carbocycles. The molecule has 230 valence electrons. The molecule has 2 aromatic carbocycles. The molecule has 0 radical (unpaired) electrons. The van der Waals surface area contributed by atoms with Crippen LogP contribution in [0.1, 0.15) is 66.3 Å². The number of unbranched alkanes of at least 4 members (excludes halogenated alkanes) is 1. The molecule has 0 amide bonds. The van der Waals surface area contributed by atoms with Crippen molar-refractivity contribution in [3.63, 3.8) is 0 Å². The standard InChI is InChI=1S/C30H26F5N5O4/c31-21-5-3-4-19(26(21)32)27-37-23-14-36-40(15-24(23)38-27)29(28(42)43,10-1-2-11-41)25-13-22(39-44-25)18-9-8-17(16-6-7-16)12-20(18)30(33,34)35/h3-5,8-9,12-14,16,41H,1-2,6-7,10-11,15H2,(H,37,38)(H,42,43). The van der Waals surface area contributed by atoms with Crippen LogP contribution in [-0.4, -0.2) is 49.1 Å². The van der Waals surface area contributed by atoms with Crippen LogP contribution in [0.5, 0.6) is 0 Å². The smallest absolute Gasteiger partial charge is 0.417 e. The Hall–Kier alpha value is -4.59. The van der Waals surface area contributed by atoms with Gasteiger partial charge in [0.1, 0.15) is 11.5 Å². The first kappa shape index (κ1) is 29.5. The lowest BCUT2D eigenvalue weighted by Gasteiger charge is -2.37. The zero-order valence-corrected chi connectivity index (χ0v) is 23.0. The summed E-state index contributed by atoms with van der Waals surface area (Å²) in [7, 11) is 0. The summed E-state index contributed by atoms with van der Waals surface area (Å²) in [5.74, 6) is -3.81. The molecule has 1 fully saturated rings. The van der Waals surface area contributed by atoms with Gasteiger partial charge in [0.2, 0.25) is 5.54 Å². The molecule has 1 aliphatic heterocycles. The van der Waals surface area contributed by atoms with Gasteiger partial charge < -0.3 is 19.7 Å². The van der Waals surface area contributed by atoms with Gasteiger partial charge in [-0.1, -0.05) is 23.4 Å². The van der Waals surface area contributed by atoms with E-state index in [0.29, 0.717) is 11.3 Å². The van der Waals surface area contributed by atoms with Crippen LogP contribution in [0.25, 0.3) is 22.6 Å². The molecule has 0 spiro atoms. The molecule has 0 bridgehead atoms. The first-order valence-electron chi connectivity index (χ1n) is 13.9. The minimum absolute atomic E-state index is 0.00205. The number of halogens is 5. The van der Waals surface area contributed by atoms with Crippen LogP contribution in [0, 0.1) is 11.6 Å². The van der Waals surface area contributed by atoms with E-state index >= 15 is 0 Å². The molecule has 1 saturated carbocycles. The fourth-order valence-corrected chi connectivity index (χ4v) is 5.49. The molecular formula is C30H26F5N5O4. The number of hydrazone groups is 1. The second-order valence-corrected chi connectivity index (χ2v) is 10.8. The molecule has 2 aromatic heterocycles. The number of aliphatic hydroxyl groups excluding tert-OH is 1. The second-order valence-electron chi connectivity index (χ2n) is 10.8. The van der Waals surface area contributed by atoms with Crippen LogP contribution in [0.4, 0.5) is 22.0 Å². The van der Waals surface area contributed by atoms with Crippen molar-refractivity contribution in [1.82, 2.24) is 20.1 Å². The van der Waals surface area contributed by atoms with Crippen LogP contribution in [0.2, 0.25) is 0 Å². The van der Waals surface area contributed by atoms with E-state index in [1.165, 1.54) is 24.4 Å². The third kappa shape index (κ3) is 5.23. The Morgan fingerprint density at radius 3 is 2.59 bits per heavy atom. The van der Waals surface area contributed by atoms with E-state index in [0.717, 1.165) is 36.0 Å². The molecule has 4 aromatic rings. The molecular weight excluding hydrogens is 589 g/mol. The fourth-order valence-electron chi connectivity index (χ4n) is 5.49. The summed E-state index contributed by atoms with van der Waals surface area (Å²) in [6.07, 6.45) is -1.55. The second kappa shape index (κ2) is 11.2. The Bertz CT molecular complexity index is 1750. The Balaban J connectivity index is 1.39. The van der Waals surface area contributed by atoms with Gasteiger partial charge in [-0.2, -0.15) is 18.3 Å². The average molecular weight is 616 g/mol. The van der Waals surface area contributed by atoms with Crippen molar-refractivity contribution in [1.29, 1.82) is 0 Å². The number of carboxylic acid groups (broad SMARTS) is 1. The van der Waals surface area contributed by atoms with Gasteiger partial charge in [-0.3, -0.25) is 5.01 Å². The first-order valence-corrected chi connectivity index (χ1v) is 13.9. The van der Waals surface area contributed by atoms with Crippen LogP contribution in [0.15, 0.2) is 52.1 Å². The number of carboxylic acids is 1. The van der Waals surface area contributed by atoms with E-state index in [1.807, 2.05) is 0 Å². The molecule has 2 aliphatic rings. The number of aromatic nitrogens is 3.